The molecule has 418 valence electrons. The standard InChI is InChI=1S/C85H68N2/c1-83(2,3)63-53-60(54-64(56-63)84(4,5)6)69-39-24-27-58-28-25-41-73(81(58)69)72-37-18-22-44-78(72)86(66-50-47-57(48-51-66)68-40-26-46-80-82(68)74-38-19-23-45-79(74)87(80)65-33-14-9-15-34-65)77-43-21-17-35-67(77)59-49-52-71-70-36-16-20-42-75(70)85(76(71)55-59,61-29-10-7-11-30-61)62-31-12-8-13-32-62/h7-56H,1-6H3. The number of nitrogens with zero attached hydrogens (tertiary/aromatic N) is 2. The van der Waals surface area contributed by atoms with Crippen molar-refractivity contribution in [2.24, 2.45) is 0 Å². The molecule has 0 saturated carbocycles. The molecule has 15 rings (SSSR count). The minimum absolute atomic E-state index is 0.0412. The Morgan fingerprint density at radius 2 is 0.793 bits per heavy atom. The minimum atomic E-state index is -0.552. The van der Waals surface area contributed by atoms with Crippen molar-refractivity contribution in [3.63, 3.8) is 0 Å². The van der Waals surface area contributed by atoms with Gasteiger partial charge in [-0.05, 0) is 154 Å². The predicted octanol–water partition coefficient (Wildman–Crippen LogP) is 23.0. The van der Waals surface area contributed by atoms with Gasteiger partial charge in [-0.3, -0.25) is 0 Å². The van der Waals surface area contributed by atoms with E-state index in [-0.39, 0.29) is 10.8 Å². The van der Waals surface area contributed by atoms with Crippen LogP contribution in [-0.2, 0) is 16.2 Å². The summed E-state index contributed by atoms with van der Waals surface area (Å²) in [6.07, 6.45) is 0. The summed E-state index contributed by atoms with van der Waals surface area (Å²) >= 11 is 0. The van der Waals surface area contributed by atoms with Crippen LogP contribution < -0.4 is 4.90 Å². The zero-order chi connectivity index (χ0) is 59.0. The van der Waals surface area contributed by atoms with E-state index in [1.54, 1.807) is 0 Å². The second-order valence-corrected chi connectivity index (χ2v) is 25.6. The van der Waals surface area contributed by atoms with E-state index in [0.29, 0.717) is 0 Å². The van der Waals surface area contributed by atoms with Gasteiger partial charge in [-0.2, -0.15) is 0 Å². The number of hydrogen-bond acceptors (Lipinski definition) is 1. The molecule has 0 radical (unpaired) electrons. The lowest BCUT2D eigenvalue weighted by atomic mass is 9.67. The van der Waals surface area contributed by atoms with E-state index in [1.807, 2.05) is 0 Å². The van der Waals surface area contributed by atoms with Crippen LogP contribution in [0, 0.1) is 0 Å². The molecule has 13 aromatic carbocycles. The molecular formula is C85H68N2. The second-order valence-electron chi connectivity index (χ2n) is 25.6. The first-order valence-corrected chi connectivity index (χ1v) is 30.7. The molecule has 1 heterocycles. The number of hydrogen-bond donors (Lipinski definition) is 0. The van der Waals surface area contributed by atoms with Crippen LogP contribution in [-0.4, -0.2) is 4.57 Å². The van der Waals surface area contributed by atoms with Gasteiger partial charge in [-0.1, -0.05) is 290 Å². The van der Waals surface area contributed by atoms with Gasteiger partial charge >= 0.3 is 0 Å². The number of anilines is 3. The Labute approximate surface area is 512 Å². The average Bonchev–Trinajstić information content (AvgIpc) is 1.61. The quantitative estimate of drug-likeness (QED) is 0.132. The van der Waals surface area contributed by atoms with E-state index in [9.17, 15) is 0 Å². The third-order valence-electron chi connectivity index (χ3n) is 18.4. The molecule has 1 aromatic heterocycles. The fourth-order valence-electron chi connectivity index (χ4n) is 14.2. The second kappa shape index (κ2) is 21.0. The monoisotopic (exact) mass is 1120 g/mol. The number of para-hydroxylation sites is 4. The third-order valence-corrected chi connectivity index (χ3v) is 18.4. The van der Waals surface area contributed by atoms with Crippen molar-refractivity contribution in [3.05, 3.63) is 337 Å². The van der Waals surface area contributed by atoms with Crippen LogP contribution in [0.4, 0.5) is 17.1 Å². The molecule has 1 aliphatic rings. The van der Waals surface area contributed by atoms with Gasteiger partial charge in [0.2, 0.25) is 0 Å². The van der Waals surface area contributed by atoms with Gasteiger partial charge in [0.05, 0.1) is 27.8 Å². The first-order chi connectivity index (χ1) is 42.4. The fraction of sp³-hybridized carbons (Fsp3) is 0.106. The lowest BCUT2D eigenvalue weighted by molar-refractivity contribution is 0.569. The number of aromatic nitrogens is 1. The Bertz CT molecular complexity index is 4840. The molecule has 0 spiro atoms. The van der Waals surface area contributed by atoms with Crippen LogP contribution in [0.5, 0.6) is 0 Å². The lowest BCUT2D eigenvalue weighted by Crippen LogP contribution is -2.28. The Kier molecular flexibility index (Phi) is 12.9. The van der Waals surface area contributed by atoms with Crippen molar-refractivity contribution >= 4 is 49.6 Å². The Morgan fingerprint density at radius 3 is 1.45 bits per heavy atom. The summed E-state index contributed by atoms with van der Waals surface area (Å²) in [6, 6.07) is 113. The van der Waals surface area contributed by atoms with Crippen molar-refractivity contribution in [1.82, 2.24) is 4.57 Å². The van der Waals surface area contributed by atoms with Gasteiger partial charge < -0.3 is 9.47 Å². The normalized spacial score (nSPS) is 12.8. The molecule has 87 heavy (non-hydrogen) atoms. The van der Waals surface area contributed by atoms with Gasteiger partial charge in [0, 0.05) is 33.3 Å². The maximum atomic E-state index is 2.53. The molecule has 0 fully saturated rings. The SMILES string of the molecule is CC(C)(C)c1cc(-c2cccc3cccc(-c4ccccc4N(c4ccc(-c5cccc6c5c5ccccc5n6-c5ccccc5)cc4)c4ccccc4-c4ccc5c(c4)C(c4ccccc4)(c4ccccc4)c4ccccc4-5)c23)cc(C(C)(C)C)c1. The van der Waals surface area contributed by atoms with Crippen LogP contribution in [0.3, 0.4) is 0 Å². The van der Waals surface area contributed by atoms with E-state index in [1.165, 1.54) is 99.3 Å². The van der Waals surface area contributed by atoms with E-state index >= 15 is 0 Å². The van der Waals surface area contributed by atoms with Crippen LogP contribution in [0.15, 0.2) is 303 Å². The van der Waals surface area contributed by atoms with E-state index in [4.69, 9.17) is 0 Å². The number of fused-ring (bicyclic) bond motifs is 7. The Hall–Kier alpha value is -10.3. The van der Waals surface area contributed by atoms with Gasteiger partial charge in [0.1, 0.15) is 0 Å². The molecule has 0 saturated heterocycles. The maximum absolute atomic E-state index is 2.53. The summed E-state index contributed by atoms with van der Waals surface area (Å²) in [5, 5.41) is 4.92. The first kappa shape index (κ1) is 53.4. The highest BCUT2D eigenvalue weighted by atomic mass is 15.1. The summed E-state index contributed by atoms with van der Waals surface area (Å²) in [5.74, 6) is 0. The molecule has 14 aromatic rings. The minimum Gasteiger partial charge on any atom is -0.309 e. The summed E-state index contributed by atoms with van der Waals surface area (Å²) in [6.45, 7) is 14.0. The first-order valence-electron chi connectivity index (χ1n) is 30.7. The lowest BCUT2D eigenvalue weighted by Gasteiger charge is -2.34. The van der Waals surface area contributed by atoms with Gasteiger partial charge in [0.15, 0.2) is 0 Å². The topological polar surface area (TPSA) is 8.17 Å². The van der Waals surface area contributed by atoms with Gasteiger partial charge in [-0.25, -0.2) is 0 Å². The molecule has 0 aliphatic heterocycles. The molecule has 0 unspecified atom stereocenters. The van der Waals surface area contributed by atoms with Crippen molar-refractivity contribution < 1.29 is 0 Å². The summed E-state index contributed by atoms with van der Waals surface area (Å²) in [7, 11) is 0. The molecule has 2 heteroatoms. The van der Waals surface area contributed by atoms with E-state index in [0.717, 1.165) is 45.0 Å². The zero-order valence-corrected chi connectivity index (χ0v) is 50.3. The van der Waals surface area contributed by atoms with Crippen LogP contribution >= 0.6 is 0 Å². The molecule has 1 aliphatic carbocycles. The molecular weight excluding hydrogens is 1050 g/mol. The van der Waals surface area contributed by atoms with Crippen LogP contribution in [0.25, 0.3) is 93.9 Å². The molecule has 0 atom stereocenters. The Balaban J connectivity index is 0.961. The fourth-order valence-corrected chi connectivity index (χ4v) is 14.2. The van der Waals surface area contributed by atoms with Gasteiger partial charge in [0.25, 0.3) is 0 Å². The summed E-state index contributed by atoms with van der Waals surface area (Å²) < 4.78 is 2.41. The van der Waals surface area contributed by atoms with Crippen molar-refractivity contribution in [2.75, 3.05) is 4.90 Å². The van der Waals surface area contributed by atoms with Crippen molar-refractivity contribution in [3.8, 4) is 61.3 Å². The summed E-state index contributed by atoms with van der Waals surface area (Å²) in [4.78, 5) is 2.53. The Morgan fingerprint density at radius 1 is 0.310 bits per heavy atom. The zero-order valence-electron chi connectivity index (χ0n) is 50.3. The average molecular weight is 1120 g/mol. The molecule has 2 nitrogen and oxygen atoms in total. The number of rotatable bonds is 10. The highest BCUT2D eigenvalue weighted by Crippen LogP contribution is 2.58. The smallest absolute Gasteiger partial charge is 0.0713 e. The highest BCUT2D eigenvalue weighted by molar-refractivity contribution is 6.16. The van der Waals surface area contributed by atoms with Crippen LogP contribution in [0.2, 0.25) is 0 Å². The van der Waals surface area contributed by atoms with Crippen molar-refractivity contribution in [1.29, 1.82) is 0 Å². The largest absolute Gasteiger partial charge is 0.309 e. The molecule has 0 bridgehead atoms. The van der Waals surface area contributed by atoms with Gasteiger partial charge in [-0.15, -0.1) is 0 Å². The highest BCUT2D eigenvalue weighted by Gasteiger charge is 2.46. The summed E-state index contributed by atoms with van der Waals surface area (Å²) in [5.41, 5.74) is 25.8. The number of benzene rings is 13. The third kappa shape index (κ3) is 8.93. The predicted molar refractivity (Wildman–Crippen MR) is 369 cm³/mol. The molecule has 0 amide bonds. The van der Waals surface area contributed by atoms with E-state index < -0.39 is 5.41 Å². The van der Waals surface area contributed by atoms with Crippen molar-refractivity contribution in [2.45, 2.75) is 57.8 Å². The van der Waals surface area contributed by atoms with Crippen LogP contribution in [0.1, 0.15) is 74.9 Å². The molecule has 0 N–H and O–H groups in total. The maximum Gasteiger partial charge on any atom is 0.0713 e. The van der Waals surface area contributed by atoms with E-state index in [2.05, 4.69) is 354 Å².